The number of aliphatic hydroxyl groups excluding tert-OH is 1. The monoisotopic (exact) mass is 252 g/mol. The van der Waals surface area contributed by atoms with E-state index in [0.29, 0.717) is 0 Å². The van der Waals surface area contributed by atoms with E-state index in [1.807, 2.05) is 0 Å². The molecule has 0 aromatic heterocycles. The Hall–Kier alpha value is -2.37. The molecule has 0 amide bonds. The molecule has 0 unspecified atom stereocenters. The van der Waals surface area contributed by atoms with Crippen LogP contribution in [-0.4, -0.2) is 41.5 Å². The molecule has 0 aliphatic rings. The average molecular weight is 252 g/mol. The zero-order valence-corrected chi connectivity index (χ0v) is 9.96. The molecule has 0 bridgehead atoms. The molecule has 0 heterocycles. The maximum Gasteiger partial charge on any atom is 0.341 e. The first kappa shape index (κ1) is 13.7. The molecule has 96 valence electrons. The highest BCUT2D eigenvalue weighted by molar-refractivity contribution is 6.14. The van der Waals surface area contributed by atoms with E-state index in [0.717, 1.165) is 12.3 Å². The summed E-state index contributed by atoms with van der Waals surface area (Å²) in [6.45, 7) is 0. The van der Waals surface area contributed by atoms with Crippen LogP contribution in [0, 0.1) is 5.82 Å². The average Bonchev–Trinajstić information content (AvgIpc) is 2.28. The maximum atomic E-state index is 13.4. The summed E-state index contributed by atoms with van der Waals surface area (Å²) in [5.41, 5.74) is -0.658. The molecule has 0 saturated heterocycles. The number of benzene rings is 1. The number of carboxylic acids is 1. The van der Waals surface area contributed by atoms with E-state index < -0.39 is 23.1 Å². The number of halogens is 1. The van der Waals surface area contributed by atoms with E-state index >= 15 is 0 Å². The molecule has 0 atom stereocenters. The molecule has 5 nitrogen and oxygen atoms in total. The van der Waals surface area contributed by atoms with Gasteiger partial charge in [0, 0.05) is 14.1 Å². The second kappa shape index (κ2) is 5.81. The van der Waals surface area contributed by atoms with Crippen LogP contribution in [-0.2, 0) is 4.79 Å². The summed E-state index contributed by atoms with van der Waals surface area (Å²) in [6, 6.07) is 5.36. The molecular weight excluding hydrogens is 239 g/mol. The SMILES string of the molecule is CN(C)N=CC(C(=O)O)=C(O)c1ccccc1F. The van der Waals surface area contributed by atoms with Crippen molar-refractivity contribution < 1.29 is 19.4 Å². The Morgan fingerprint density at radius 1 is 1.33 bits per heavy atom. The fourth-order valence-electron chi connectivity index (χ4n) is 1.19. The van der Waals surface area contributed by atoms with E-state index in [4.69, 9.17) is 5.11 Å². The Labute approximate surface area is 103 Å². The maximum absolute atomic E-state index is 13.4. The Morgan fingerprint density at radius 2 is 1.94 bits per heavy atom. The number of carbonyl (C=O) groups is 1. The second-order valence-electron chi connectivity index (χ2n) is 3.64. The van der Waals surface area contributed by atoms with Crippen LogP contribution in [0.15, 0.2) is 34.9 Å². The van der Waals surface area contributed by atoms with Crippen molar-refractivity contribution in [3.8, 4) is 0 Å². The topological polar surface area (TPSA) is 73.1 Å². The van der Waals surface area contributed by atoms with Crippen LogP contribution in [0.4, 0.5) is 4.39 Å². The van der Waals surface area contributed by atoms with Crippen molar-refractivity contribution in [2.45, 2.75) is 0 Å². The fourth-order valence-corrected chi connectivity index (χ4v) is 1.19. The summed E-state index contributed by atoms with van der Waals surface area (Å²) in [5, 5.41) is 23.8. The summed E-state index contributed by atoms with van der Waals surface area (Å²) < 4.78 is 13.4. The smallest absolute Gasteiger partial charge is 0.341 e. The van der Waals surface area contributed by atoms with Crippen LogP contribution in [0.1, 0.15) is 5.56 Å². The molecule has 0 aliphatic carbocycles. The van der Waals surface area contributed by atoms with E-state index in [1.54, 1.807) is 14.1 Å². The number of hydrogen-bond acceptors (Lipinski definition) is 4. The van der Waals surface area contributed by atoms with Gasteiger partial charge in [0.05, 0.1) is 11.8 Å². The number of aliphatic hydroxyl groups is 1. The van der Waals surface area contributed by atoms with E-state index in [-0.39, 0.29) is 5.56 Å². The standard InChI is InChI=1S/C12H13FN2O3/c1-15(2)14-7-9(12(17)18)11(16)8-5-3-4-6-10(8)13/h3-7,16H,1-2H3,(H,17,18). The fraction of sp³-hybridized carbons (Fsp3) is 0.167. The molecule has 2 N–H and O–H groups in total. The second-order valence-corrected chi connectivity index (χ2v) is 3.64. The highest BCUT2D eigenvalue weighted by Gasteiger charge is 2.16. The van der Waals surface area contributed by atoms with Crippen molar-refractivity contribution in [2.75, 3.05) is 14.1 Å². The molecule has 0 spiro atoms. The summed E-state index contributed by atoms with van der Waals surface area (Å²) in [6.07, 6.45) is 0.962. The van der Waals surface area contributed by atoms with Gasteiger partial charge in [-0.05, 0) is 12.1 Å². The molecule has 1 rings (SSSR count). The lowest BCUT2D eigenvalue weighted by Crippen LogP contribution is -2.10. The first-order chi connectivity index (χ1) is 8.43. The highest BCUT2D eigenvalue weighted by atomic mass is 19.1. The first-order valence-corrected chi connectivity index (χ1v) is 5.06. The zero-order valence-electron chi connectivity index (χ0n) is 9.96. The van der Waals surface area contributed by atoms with Crippen LogP contribution in [0.25, 0.3) is 5.76 Å². The van der Waals surface area contributed by atoms with Crippen molar-refractivity contribution in [3.63, 3.8) is 0 Å². The molecule has 18 heavy (non-hydrogen) atoms. The minimum absolute atomic E-state index is 0.180. The molecule has 0 saturated carbocycles. The predicted octanol–water partition coefficient (Wildman–Crippen LogP) is 1.73. The van der Waals surface area contributed by atoms with Crippen molar-refractivity contribution in [1.82, 2.24) is 5.01 Å². The van der Waals surface area contributed by atoms with Gasteiger partial charge in [0.1, 0.15) is 17.1 Å². The predicted molar refractivity (Wildman–Crippen MR) is 65.8 cm³/mol. The molecule has 6 heteroatoms. The van der Waals surface area contributed by atoms with Gasteiger partial charge in [-0.15, -0.1) is 0 Å². The van der Waals surface area contributed by atoms with Gasteiger partial charge >= 0.3 is 5.97 Å². The van der Waals surface area contributed by atoms with Crippen LogP contribution >= 0.6 is 0 Å². The third-order valence-electron chi connectivity index (χ3n) is 2.03. The van der Waals surface area contributed by atoms with Crippen LogP contribution in [0.3, 0.4) is 0 Å². The van der Waals surface area contributed by atoms with Crippen LogP contribution in [0.5, 0.6) is 0 Å². The molecule has 1 aromatic carbocycles. The number of hydrazone groups is 1. The lowest BCUT2D eigenvalue weighted by molar-refractivity contribution is -0.132. The van der Waals surface area contributed by atoms with Crippen LogP contribution < -0.4 is 0 Å². The van der Waals surface area contributed by atoms with Crippen molar-refractivity contribution in [1.29, 1.82) is 0 Å². The summed E-state index contributed by atoms with van der Waals surface area (Å²) >= 11 is 0. The lowest BCUT2D eigenvalue weighted by Gasteiger charge is -2.06. The Morgan fingerprint density at radius 3 is 2.44 bits per heavy atom. The van der Waals surface area contributed by atoms with Gasteiger partial charge in [-0.25, -0.2) is 9.18 Å². The first-order valence-electron chi connectivity index (χ1n) is 5.06. The van der Waals surface area contributed by atoms with Gasteiger partial charge in [-0.1, -0.05) is 12.1 Å². The van der Waals surface area contributed by atoms with Crippen molar-refractivity contribution in [3.05, 3.63) is 41.2 Å². The molecule has 0 radical (unpaired) electrons. The van der Waals surface area contributed by atoms with E-state index in [9.17, 15) is 14.3 Å². The van der Waals surface area contributed by atoms with E-state index in [2.05, 4.69) is 5.10 Å². The normalized spacial score (nSPS) is 12.4. The Bertz CT molecular complexity index is 510. The van der Waals surface area contributed by atoms with Gasteiger partial charge in [-0.2, -0.15) is 5.10 Å². The number of carboxylic acid groups (broad SMARTS) is 1. The summed E-state index contributed by atoms with van der Waals surface area (Å²) in [7, 11) is 3.19. The molecular formula is C12H13FN2O3. The third-order valence-corrected chi connectivity index (χ3v) is 2.03. The molecule has 0 fully saturated rings. The van der Waals surface area contributed by atoms with Crippen molar-refractivity contribution >= 4 is 17.9 Å². The minimum Gasteiger partial charge on any atom is -0.506 e. The van der Waals surface area contributed by atoms with Crippen molar-refractivity contribution in [2.24, 2.45) is 5.10 Å². The number of rotatable bonds is 4. The largest absolute Gasteiger partial charge is 0.506 e. The Kier molecular flexibility index (Phi) is 4.42. The summed E-state index contributed by atoms with van der Waals surface area (Å²) in [5.74, 6) is -2.75. The lowest BCUT2D eigenvalue weighted by atomic mass is 10.1. The van der Waals surface area contributed by atoms with Crippen LogP contribution in [0.2, 0.25) is 0 Å². The minimum atomic E-state index is -1.39. The van der Waals surface area contributed by atoms with Gasteiger partial charge < -0.3 is 15.2 Å². The van der Waals surface area contributed by atoms with Gasteiger partial charge in [-0.3, -0.25) is 0 Å². The third kappa shape index (κ3) is 3.31. The van der Waals surface area contributed by atoms with Gasteiger partial charge in [0.15, 0.2) is 0 Å². The quantitative estimate of drug-likeness (QED) is 0.370. The molecule has 0 aliphatic heterocycles. The van der Waals surface area contributed by atoms with Gasteiger partial charge in [0.2, 0.25) is 0 Å². The summed E-state index contributed by atoms with van der Waals surface area (Å²) in [4.78, 5) is 11.0. The zero-order chi connectivity index (χ0) is 13.7. The van der Waals surface area contributed by atoms with E-state index in [1.165, 1.54) is 23.2 Å². The number of nitrogens with zero attached hydrogens (tertiary/aromatic N) is 2. The Balaban J connectivity index is 3.29. The number of hydrogen-bond donors (Lipinski definition) is 2. The molecule has 1 aromatic rings. The van der Waals surface area contributed by atoms with Gasteiger partial charge in [0.25, 0.3) is 0 Å². The number of aliphatic carboxylic acids is 1. The highest BCUT2D eigenvalue weighted by Crippen LogP contribution is 2.18.